The first-order valence-corrected chi connectivity index (χ1v) is 8.20. The summed E-state index contributed by atoms with van der Waals surface area (Å²) in [6.07, 6.45) is 3.61. The fourth-order valence-electron chi connectivity index (χ4n) is 2.73. The van der Waals surface area contributed by atoms with Gasteiger partial charge in [-0.05, 0) is 43.5 Å². The Hall–Kier alpha value is -2.43. The van der Waals surface area contributed by atoms with Gasteiger partial charge in [0.25, 0.3) is 5.95 Å². The van der Waals surface area contributed by atoms with Crippen LogP contribution in [0.1, 0.15) is 39.2 Å². The van der Waals surface area contributed by atoms with E-state index in [4.69, 9.17) is 9.97 Å². The van der Waals surface area contributed by atoms with Crippen molar-refractivity contribution in [1.29, 1.82) is 0 Å². The normalized spacial score (nSPS) is 11.3. The van der Waals surface area contributed by atoms with Crippen molar-refractivity contribution in [2.24, 2.45) is 0 Å². The van der Waals surface area contributed by atoms with Crippen molar-refractivity contribution < 1.29 is 0 Å². The van der Waals surface area contributed by atoms with Gasteiger partial charge in [-0.15, -0.1) is 0 Å². The maximum Gasteiger partial charge on any atom is 0.253 e. The van der Waals surface area contributed by atoms with E-state index in [1.165, 1.54) is 5.56 Å². The molecular weight excluding hydrogens is 286 g/mol. The molecule has 0 amide bonds. The summed E-state index contributed by atoms with van der Waals surface area (Å²) in [6.45, 7) is 10.5. The molecule has 0 spiro atoms. The van der Waals surface area contributed by atoms with Crippen LogP contribution < -0.4 is 4.90 Å². The van der Waals surface area contributed by atoms with Gasteiger partial charge in [0.15, 0.2) is 0 Å². The molecule has 0 aliphatic heterocycles. The molecule has 0 atom stereocenters. The summed E-state index contributed by atoms with van der Waals surface area (Å²) in [7, 11) is 0. The first-order valence-electron chi connectivity index (χ1n) is 8.20. The minimum Gasteiger partial charge on any atom is -0.356 e. The molecule has 23 heavy (non-hydrogen) atoms. The second kappa shape index (κ2) is 6.36. The van der Waals surface area contributed by atoms with E-state index < -0.39 is 0 Å². The number of aromatic nitrogens is 4. The molecule has 3 aromatic rings. The number of anilines is 1. The van der Waals surface area contributed by atoms with E-state index in [1.54, 1.807) is 10.9 Å². The average molecular weight is 309 g/mol. The molecule has 3 rings (SSSR count). The Bertz CT molecular complexity index is 789. The second-order valence-electron chi connectivity index (χ2n) is 5.90. The lowest BCUT2D eigenvalue weighted by Crippen LogP contribution is -2.24. The molecule has 0 aliphatic rings. The Morgan fingerprint density at radius 2 is 1.91 bits per heavy atom. The highest BCUT2D eigenvalue weighted by atomic mass is 15.3. The summed E-state index contributed by atoms with van der Waals surface area (Å²) in [5.74, 6) is 2.07. The van der Waals surface area contributed by atoms with Crippen LogP contribution in [0.15, 0.2) is 36.7 Å². The number of nitrogens with zero attached hydrogens (tertiary/aromatic N) is 5. The van der Waals surface area contributed by atoms with Crippen LogP contribution in [0.4, 0.5) is 5.82 Å². The standard InChI is InChI=1S/C18H23N5/c1-5-22(6-2)17-15-12-14(13(3)4)8-9-16(15)20-18(21-17)23-11-7-10-19-23/h7-13H,5-6H2,1-4H3. The van der Waals surface area contributed by atoms with Crippen molar-refractivity contribution in [3.63, 3.8) is 0 Å². The van der Waals surface area contributed by atoms with Crippen LogP contribution in [0, 0.1) is 0 Å². The van der Waals surface area contributed by atoms with Gasteiger partial charge in [-0.25, -0.2) is 9.67 Å². The molecule has 0 fully saturated rings. The van der Waals surface area contributed by atoms with Crippen LogP contribution in [0.25, 0.3) is 16.9 Å². The lowest BCUT2D eigenvalue weighted by atomic mass is 10.0. The van der Waals surface area contributed by atoms with Crippen molar-refractivity contribution >= 4 is 16.7 Å². The molecule has 5 heteroatoms. The van der Waals surface area contributed by atoms with E-state index in [0.29, 0.717) is 11.9 Å². The van der Waals surface area contributed by atoms with Crippen LogP contribution >= 0.6 is 0 Å². The van der Waals surface area contributed by atoms with Gasteiger partial charge in [-0.1, -0.05) is 19.9 Å². The number of rotatable bonds is 5. The first-order chi connectivity index (χ1) is 11.1. The number of benzene rings is 1. The highest BCUT2D eigenvalue weighted by Gasteiger charge is 2.15. The smallest absolute Gasteiger partial charge is 0.253 e. The van der Waals surface area contributed by atoms with Crippen molar-refractivity contribution in [2.75, 3.05) is 18.0 Å². The molecule has 0 aliphatic carbocycles. The van der Waals surface area contributed by atoms with E-state index in [9.17, 15) is 0 Å². The Balaban J connectivity index is 2.26. The third-order valence-corrected chi connectivity index (χ3v) is 4.13. The maximum absolute atomic E-state index is 4.80. The Morgan fingerprint density at radius 1 is 1.13 bits per heavy atom. The SMILES string of the molecule is CCN(CC)c1nc(-n2cccn2)nc2ccc(C(C)C)cc12. The quantitative estimate of drug-likeness (QED) is 0.719. The maximum atomic E-state index is 4.80. The lowest BCUT2D eigenvalue weighted by Gasteiger charge is -2.22. The van der Waals surface area contributed by atoms with Gasteiger partial charge in [0.1, 0.15) is 5.82 Å². The minimum absolute atomic E-state index is 0.481. The zero-order valence-electron chi connectivity index (χ0n) is 14.2. The van der Waals surface area contributed by atoms with Crippen LogP contribution in [-0.4, -0.2) is 32.8 Å². The topological polar surface area (TPSA) is 46.8 Å². The van der Waals surface area contributed by atoms with Gasteiger partial charge in [-0.3, -0.25) is 0 Å². The number of fused-ring (bicyclic) bond motifs is 1. The molecule has 0 N–H and O–H groups in total. The zero-order valence-corrected chi connectivity index (χ0v) is 14.2. The third-order valence-electron chi connectivity index (χ3n) is 4.13. The summed E-state index contributed by atoms with van der Waals surface area (Å²) in [5, 5.41) is 5.37. The third kappa shape index (κ3) is 2.91. The van der Waals surface area contributed by atoms with Crippen molar-refractivity contribution in [3.8, 4) is 5.95 Å². The summed E-state index contributed by atoms with van der Waals surface area (Å²) < 4.78 is 1.71. The summed E-state index contributed by atoms with van der Waals surface area (Å²) in [6, 6.07) is 8.35. The van der Waals surface area contributed by atoms with E-state index >= 15 is 0 Å². The second-order valence-corrected chi connectivity index (χ2v) is 5.90. The average Bonchev–Trinajstić information content (AvgIpc) is 3.09. The van der Waals surface area contributed by atoms with E-state index in [1.807, 2.05) is 12.3 Å². The van der Waals surface area contributed by atoms with Crippen molar-refractivity contribution in [2.45, 2.75) is 33.6 Å². The monoisotopic (exact) mass is 309 g/mol. The first kappa shape index (κ1) is 15.5. The minimum atomic E-state index is 0.481. The van der Waals surface area contributed by atoms with Gasteiger partial charge in [0.2, 0.25) is 0 Å². The molecule has 0 bridgehead atoms. The molecule has 120 valence electrons. The highest BCUT2D eigenvalue weighted by Crippen LogP contribution is 2.28. The van der Waals surface area contributed by atoms with Crippen molar-refractivity contribution in [3.05, 3.63) is 42.2 Å². The molecule has 0 saturated heterocycles. The molecule has 0 saturated carbocycles. The molecule has 2 aromatic heterocycles. The summed E-state index contributed by atoms with van der Waals surface area (Å²) in [4.78, 5) is 11.8. The van der Waals surface area contributed by atoms with Crippen molar-refractivity contribution in [1.82, 2.24) is 19.7 Å². The van der Waals surface area contributed by atoms with Crippen LogP contribution in [-0.2, 0) is 0 Å². The predicted octanol–water partition coefficient (Wildman–Crippen LogP) is 3.79. The largest absolute Gasteiger partial charge is 0.356 e. The lowest BCUT2D eigenvalue weighted by molar-refractivity contribution is 0.793. The van der Waals surface area contributed by atoms with Gasteiger partial charge in [0.05, 0.1) is 5.52 Å². The molecule has 1 aromatic carbocycles. The Labute approximate surface area is 137 Å². The highest BCUT2D eigenvalue weighted by molar-refractivity contribution is 5.90. The number of hydrogen-bond donors (Lipinski definition) is 0. The van der Waals surface area contributed by atoms with E-state index in [2.05, 4.69) is 55.9 Å². The Morgan fingerprint density at radius 3 is 2.52 bits per heavy atom. The fraction of sp³-hybridized carbons (Fsp3) is 0.389. The van der Waals surface area contributed by atoms with Crippen LogP contribution in [0.3, 0.4) is 0 Å². The molecule has 2 heterocycles. The molecule has 0 unspecified atom stereocenters. The van der Waals surface area contributed by atoms with Crippen LogP contribution in [0.5, 0.6) is 0 Å². The van der Waals surface area contributed by atoms with Gasteiger partial charge < -0.3 is 4.90 Å². The van der Waals surface area contributed by atoms with Gasteiger partial charge in [-0.2, -0.15) is 10.1 Å². The summed E-state index contributed by atoms with van der Waals surface area (Å²) >= 11 is 0. The summed E-state index contributed by atoms with van der Waals surface area (Å²) in [5.41, 5.74) is 2.26. The zero-order chi connectivity index (χ0) is 16.4. The number of hydrogen-bond acceptors (Lipinski definition) is 4. The van der Waals surface area contributed by atoms with E-state index in [-0.39, 0.29) is 0 Å². The molecular formula is C18H23N5. The molecule has 5 nitrogen and oxygen atoms in total. The molecule has 0 radical (unpaired) electrons. The Kier molecular flexibility index (Phi) is 4.28. The van der Waals surface area contributed by atoms with Gasteiger partial charge >= 0.3 is 0 Å². The van der Waals surface area contributed by atoms with Crippen LogP contribution in [0.2, 0.25) is 0 Å². The predicted molar refractivity (Wildman–Crippen MR) is 94.3 cm³/mol. The van der Waals surface area contributed by atoms with E-state index in [0.717, 1.165) is 29.8 Å². The fourth-order valence-corrected chi connectivity index (χ4v) is 2.73. The van der Waals surface area contributed by atoms with Gasteiger partial charge in [0, 0.05) is 30.9 Å².